The van der Waals surface area contributed by atoms with Crippen LogP contribution >= 0.6 is 0 Å². The Balaban J connectivity index is 1.95. The van der Waals surface area contributed by atoms with Gasteiger partial charge in [-0.2, -0.15) is 0 Å². The maximum atomic E-state index is 12.3. The van der Waals surface area contributed by atoms with Crippen molar-refractivity contribution in [3.63, 3.8) is 0 Å². The number of morpholine rings is 1. The minimum atomic E-state index is -0.174. The highest BCUT2D eigenvalue weighted by Gasteiger charge is 2.18. The standard InChI is InChI=1S/C16H21N3O4/c1-10-8-19(4-5-23-10)9-15-17-12-7-14(22-3)13(21-2)6-11(12)16(20)18-15/h6-7,10H,4-5,8-9H2,1-3H3,(H,17,18,20). The zero-order valence-corrected chi connectivity index (χ0v) is 13.6. The van der Waals surface area contributed by atoms with E-state index in [0.717, 1.165) is 13.1 Å². The minimum absolute atomic E-state index is 0.174. The Morgan fingerprint density at radius 3 is 2.78 bits per heavy atom. The fourth-order valence-corrected chi connectivity index (χ4v) is 2.84. The average Bonchev–Trinajstić information content (AvgIpc) is 2.53. The molecule has 0 aliphatic carbocycles. The quantitative estimate of drug-likeness (QED) is 0.911. The number of nitrogens with one attached hydrogen (secondary N) is 1. The molecule has 1 atom stereocenters. The first kappa shape index (κ1) is 15.8. The van der Waals surface area contributed by atoms with Gasteiger partial charge in [-0.25, -0.2) is 4.98 Å². The van der Waals surface area contributed by atoms with Crippen LogP contribution in [0.15, 0.2) is 16.9 Å². The number of rotatable bonds is 4. The molecule has 1 aliphatic rings. The number of hydrogen-bond acceptors (Lipinski definition) is 6. The van der Waals surface area contributed by atoms with Crippen molar-refractivity contribution in [1.29, 1.82) is 0 Å². The number of nitrogens with zero attached hydrogens (tertiary/aromatic N) is 2. The molecule has 1 aromatic heterocycles. The van der Waals surface area contributed by atoms with Crippen molar-refractivity contribution in [2.75, 3.05) is 33.9 Å². The molecule has 0 amide bonds. The van der Waals surface area contributed by atoms with E-state index in [1.807, 2.05) is 6.92 Å². The summed E-state index contributed by atoms with van der Waals surface area (Å²) in [5.74, 6) is 1.72. The van der Waals surface area contributed by atoms with Crippen LogP contribution in [0.4, 0.5) is 0 Å². The summed E-state index contributed by atoms with van der Waals surface area (Å²) in [7, 11) is 3.10. The van der Waals surface area contributed by atoms with Gasteiger partial charge in [0.25, 0.3) is 5.56 Å². The lowest BCUT2D eigenvalue weighted by molar-refractivity contribution is -0.0219. The normalized spacial score (nSPS) is 19.0. The van der Waals surface area contributed by atoms with E-state index in [2.05, 4.69) is 14.9 Å². The molecule has 0 bridgehead atoms. The van der Waals surface area contributed by atoms with Crippen molar-refractivity contribution in [2.24, 2.45) is 0 Å². The van der Waals surface area contributed by atoms with Crippen LogP contribution in [-0.4, -0.2) is 54.9 Å². The first-order valence-corrected chi connectivity index (χ1v) is 7.59. The number of ether oxygens (including phenoxy) is 3. The second-order valence-corrected chi connectivity index (χ2v) is 5.65. The maximum absolute atomic E-state index is 12.3. The van der Waals surface area contributed by atoms with Crippen LogP contribution in [-0.2, 0) is 11.3 Å². The fourth-order valence-electron chi connectivity index (χ4n) is 2.84. The third-order valence-corrected chi connectivity index (χ3v) is 3.96. The summed E-state index contributed by atoms with van der Waals surface area (Å²) < 4.78 is 16.1. The van der Waals surface area contributed by atoms with Crippen molar-refractivity contribution in [2.45, 2.75) is 19.6 Å². The fraction of sp³-hybridized carbons (Fsp3) is 0.500. The molecular weight excluding hydrogens is 298 g/mol. The summed E-state index contributed by atoms with van der Waals surface area (Å²) in [6.07, 6.45) is 0.195. The van der Waals surface area contributed by atoms with Gasteiger partial charge >= 0.3 is 0 Å². The maximum Gasteiger partial charge on any atom is 0.258 e. The molecule has 1 aromatic carbocycles. The van der Waals surface area contributed by atoms with Gasteiger partial charge in [0.15, 0.2) is 11.5 Å². The lowest BCUT2D eigenvalue weighted by Gasteiger charge is -2.30. The van der Waals surface area contributed by atoms with E-state index in [0.29, 0.717) is 41.4 Å². The highest BCUT2D eigenvalue weighted by atomic mass is 16.5. The molecule has 0 spiro atoms. The Morgan fingerprint density at radius 2 is 2.09 bits per heavy atom. The molecule has 7 heteroatoms. The van der Waals surface area contributed by atoms with Gasteiger partial charge in [0.2, 0.25) is 0 Å². The molecule has 1 N–H and O–H groups in total. The molecule has 1 fully saturated rings. The van der Waals surface area contributed by atoms with Gasteiger partial charge in [0.1, 0.15) is 5.82 Å². The zero-order chi connectivity index (χ0) is 16.4. The van der Waals surface area contributed by atoms with Gasteiger partial charge in [-0.1, -0.05) is 0 Å². The molecule has 23 heavy (non-hydrogen) atoms. The second-order valence-electron chi connectivity index (χ2n) is 5.65. The number of methoxy groups -OCH3 is 2. The highest BCUT2D eigenvalue weighted by Crippen LogP contribution is 2.29. The molecular formula is C16H21N3O4. The third kappa shape index (κ3) is 3.30. The first-order valence-electron chi connectivity index (χ1n) is 7.59. The first-order chi connectivity index (χ1) is 11.1. The number of aromatic nitrogens is 2. The average molecular weight is 319 g/mol. The van der Waals surface area contributed by atoms with Crippen molar-refractivity contribution >= 4 is 10.9 Å². The topological polar surface area (TPSA) is 76.7 Å². The molecule has 3 rings (SSSR count). The minimum Gasteiger partial charge on any atom is -0.493 e. The van der Waals surface area contributed by atoms with Gasteiger partial charge in [-0.05, 0) is 13.0 Å². The van der Waals surface area contributed by atoms with E-state index in [-0.39, 0.29) is 11.7 Å². The van der Waals surface area contributed by atoms with Gasteiger partial charge in [-0.3, -0.25) is 9.69 Å². The Kier molecular flexibility index (Phi) is 4.49. The highest BCUT2D eigenvalue weighted by molar-refractivity contribution is 5.81. The Morgan fingerprint density at radius 1 is 1.35 bits per heavy atom. The van der Waals surface area contributed by atoms with E-state index in [1.165, 1.54) is 0 Å². The summed E-state index contributed by atoms with van der Waals surface area (Å²) >= 11 is 0. The summed E-state index contributed by atoms with van der Waals surface area (Å²) in [5.41, 5.74) is 0.426. The van der Waals surface area contributed by atoms with Gasteiger partial charge in [0, 0.05) is 19.2 Å². The van der Waals surface area contributed by atoms with Gasteiger partial charge in [0.05, 0.1) is 44.4 Å². The van der Waals surface area contributed by atoms with Crippen molar-refractivity contribution in [3.05, 3.63) is 28.3 Å². The van der Waals surface area contributed by atoms with Crippen LogP contribution in [0.5, 0.6) is 11.5 Å². The molecule has 124 valence electrons. The third-order valence-electron chi connectivity index (χ3n) is 3.96. The van der Waals surface area contributed by atoms with Gasteiger partial charge in [-0.15, -0.1) is 0 Å². The molecule has 1 unspecified atom stereocenters. The van der Waals surface area contributed by atoms with Crippen LogP contribution < -0.4 is 15.0 Å². The van der Waals surface area contributed by atoms with E-state index >= 15 is 0 Å². The monoisotopic (exact) mass is 319 g/mol. The molecule has 1 aliphatic heterocycles. The predicted octanol–water partition coefficient (Wildman–Crippen LogP) is 1.16. The number of aromatic amines is 1. The summed E-state index contributed by atoms with van der Waals surface area (Å²) in [5, 5.41) is 0.488. The molecule has 0 saturated carbocycles. The Bertz CT molecular complexity index is 759. The molecule has 2 aromatic rings. The molecule has 7 nitrogen and oxygen atoms in total. The van der Waals surface area contributed by atoms with Crippen molar-refractivity contribution in [3.8, 4) is 11.5 Å². The van der Waals surface area contributed by atoms with Gasteiger partial charge < -0.3 is 19.2 Å². The van der Waals surface area contributed by atoms with Crippen LogP contribution in [0, 0.1) is 0 Å². The second kappa shape index (κ2) is 6.55. The van der Waals surface area contributed by atoms with Crippen LogP contribution in [0.3, 0.4) is 0 Å². The van der Waals surface area contributed by atoms with Crippen LogP contribution in [0.2, 0.25) is 0 Å². The van der Waals surface area contributed by atoms with Crippen LogP contribution in [0.25, 0.3) is 10.9 Å². The van der Waals surface area contributed by atoms with Crippen molar-refractivity contribution < 1.29 is 14.2 Å². The lowest BCUT2D eigenvalue weighted by Crippen LogP contribution is -2.41. The number of hydrogen-bond donors (Lipinski definition) is 1. The van der Waals surface area contributed by atoms with E-state index in [4.69, 9.17) is 14.2 Å². The number of H-pyrrole nitrogens is 1. The molecule has 0 radical (unpaired) electrons. The number of benzene rings is 1. The summed E-state index contributed by atoms with van der Waals surface area (Å²) in [6, 6.07) is 3.38. The van der Waals surface area contributed by atoms with E-state index in [1.54, 1.807) is 26.4 Å². The SMILES string of the molecule is COc1cc2nc(CN3CCOC(C)C3)[nH]c(=O)c2cc1OC. The van der Waals surface area contributed by atoms with Crippen molar-refractivity contribution in [1.82, 2.24) is 14.9 Å². The summed E-state index contributed by atoms with van der Waals surface area (Å²) in [4.78, 5) is 22.0. The Hall–Kier alpha value is -2.12. The molecule has 1 saturated heterocycles. The van der Waals surface area contributed by atoms with Crippen LogP contribution in [0.1, 0.15) is 12.7 Å². The lowest BCUT2D eigenvalue weighted by atomic mass is 10.2. The molecule has 2 heterocycles. The number of fused-ring (bicyclic) bond motifs is 1. The van der Waals surface area contributed by atoms with E-state index < -0.39 is 0 Å². The Labute approximate surface area is 134 Å². The summed E-state index contributed by atoms with van der Waals surface area (Å²) in [6.45, 7) is 4.99. The predicted molar refractivity (Wildman–Crippen MR) is 86.2 cm³/mol. The zero-order valence-electron chi connectivity index (χ0n) is 13.6. The largest absolute Gasteiger partial charge is 0.493 e. The smallest absolute Gasteiger partial charge is 0.258 e. The van der Waals surface area contributed by atoms with E-state index in [9.17, 15) is 4.79 Å².